The van der Waals surface area contributed by atoms with E-state index in [-0.39, 0.29) is 11.4 Å². The minimum atomic E-state index is -0.0315. The lowest BCUT2D eigenvalue weighted by Crippen LogP contribution is -2.15. The maximum Gasteiger partial charge on any atom is 0.306 e. The molecule has 0 radical (unpaired) electrons. The first-order chi connectivity index (χ1) is 4.66. The molecule has 2 nitrogen and oxygen atoms in total. The maximum atomic E-state index is 10.7. The molecule has 0 aliphatic carbocycles. The zero-order valence-electron chi connectivity index (χ0n) is 6.64. The van der Waals surface area contributed by atoms with Crippen molar-refractivity contribution in [2.45, 2.75) is 33.1 Å². The third-order valence-electron chi connectivity index (χ3n) is 2.01. The molecule has 0 aromatic carbocycles. The first-order valence-corrected chi connectivity index (χ1v) is 3.82. The molecule has 58 valence electrons. The number of cyclic esters (lactones) is 1. The second kappa shape index (κ2) is 2.60. The van der Waals surface area contributed by atoms with E-state index < -0.39 is 0 Å². The standard InChI is InChI=1S/C8H14O2/c1-3-4-8(2)5-7(9)10-6-8/h3-6H2,1-2H3. The number of carbonyl (C=O) groups excluding carboxylic acids is 1. The van der Waals surface area contributed by atoms with Crippen LogP contribution in [-0.2, 0) is 9.53 Å². The number of hydrogen-bond acceptors (Lipinski definition) is 2. The Labute approximate surface area is 61.6 Å². The number of esters is 1. The fourth-order valence-electron chi connectivity index (χ4n) is 1.47. The van der Waals surface area contributed by atoms with Gasteiger partial charge in [0.05, 0.1) is 13.0 Å². The molecule has 1 aliphatic rings. The molecular weight excluding hydrogens is 128 g/mol. The predicted molar refractivity (Wildman–Crippen MR) is 38.6 cm³/mol. The van der Waals surface area contributed by atoms with Crippen molar-refractivity contribution in [1.29, 1.82) is 0 Å². The lowest BCUT2D eigenvalue weighted by atomic mass is 9.85. The highest BCUT2D eigenvalue weighted by Crippen LogP contribution is 2.33. The summed E-state index contributed by atoms with van der Waals surface area (Å²) in [4.78, 5) is 10.7. The summed E-state index contributed by atoms with van der Waals surface area (Å²) >= 11 is 0. The molecule has 1 heterocycles. The summed E-state index contributed by atoms with van der Waals surface area (Å²) in [5, 5.41) is 0. The number of hydrogen-bond donors (Lipinski definition) is 0. The van der Waals surface area contributed by atoms with Crippen molar-refractivity contribution < 1.29 is 9.53 Å². The Morgan fingerprint density at radius 1 is 1.70 bits per heavy atom. The monoisotopic (exact) mass is 142 g/mol. The molecule has 1 aliphatic heterocycles. The first-order valence-electron chi connectivity index (χ1n) is 3.82. The smallest absolute Gasteiger partial charge is 0.306 e. The average molecular weight is 142 g/mol. The first kappa shape index (κ1) is 7.58. The molecule has 1 atom stereocenters. The van der Waals surface area contributed by atoms with Crippen LogP contribution in [0.15, 0.2) is 0 Å². The Kier molecular flexibility index (Phi) is 1.97. The molecule has 10 heavy (non-hydrogen) atoms. The van der Waals surface area contributed by atoms with Crippen molar-refractivity contribution >= 4 is 5.97 Å². The van der Waals surface area contributed by atoms with Gasteiger partial charge in [0.2, 0.25) is 0 Å². The Morgan fingerprint density at radius 2 is 2.40 bits per heavy atom. The van der Waals surface area contributed by atoms with Crippen LogP contribution >= 0.6 is 0 Å². The van der Waals surface area contributed by atoms with Gasteiger partial charge in [-0.1, -0.05) is 20.3 Å². The molecule has 0 aromatic heterocycles. The second-order valence-corrected chi connectivity index (χ2v) is 3.40. The fraction of sp³-hybridized carbons (Fsp3) is 0.875. The van der Waals surface area contributed by atoms with E-state index >= 15 is 0 Å². The largest absolute Gasteiger partial charge is 0.465 e. The Balaban J connectivity index is 2.46. The third-order valence-corrected chi connectivity index (χ3v) is 2.01. The molecule has 2 heteroatoms. The van der Waals surface area contributed by atoms with Crippen molar-refractivity contribution in [1.82, 2.24) is 0 Å². The summed E-state index contributed by atoms with van der Waals surface area (Å²) in [6, 6.07) is 0. The van der Waals surface area contributed by atoms with E-state index in [0.717, 1.165) is 12.8 Å². The molecule has 0 bridgehead atoms. The van der Waals surface area contributed by atoms with Crippen LogP contribution in [0.5, 0.6) is 0 Å². The van der Waals surface area contributed by atoms with E-state index in [4.69, 9.17) is 4.74 Å². The number of carbonyl (C=O) groups is 1. The fourth-order valence-corrected chi connectivity index (χ4v) is 1.47. The summed E-state index contributed by atoms with van der Waals surface area (Å²) in [6.45, 7) is 4.87. The van der Waals surface area contributed by atoms with Crippen molar-refractivity contribution in [3.05, 3.63) is 0 Å². The number of rotatable bonds is 2. The Hall–Kier alpha value is -0.530. The van der Waals surface area contributed by atoms with Crippen LogP contribution in [0.25, 0.3) is 0 Å². The van der Waals surface area contributed by atoms with Crippen LogP contribution in [-0.4, -0.2) is 12.6 Å². The highest BCUT2D eigenvalue weighted by molar-refractivity contribution is 5.72. The zero-order chi connectivity index (χ0) is 7.61. The molecule has 0 spiro atoms. The molecule has 1 rings (SSSR count). The minimum absolute atomic E-state index is 0.0315. The van der Waals surface area contributed by atoms with Crippen LogP contribution in [0.3, 0.4) is 0 Å². The maximum absolute atomic E-state index is 10.7. The van der Waals surface area contributed by atoms with Gasteiger partial charge < -0.3 is 4.74 Å². The highest BCUT2D eigenvalue weighted by atomic mass is 16.5. The van der Waals surface area contributed by atoms with Gasteiger partial charge >= 0.3 is 5.97 Å². The topological polar surface area (TPSA) is 26.3 Å². The molecule has 0 N–H and O–H groups in total. The predicted octanol–water partition coefficient (Wildman–Crippen LogP) is 1.74. The summed E-state index contributed by atoms with van der Waals surface area (Å²) in [5.41, 5.74) is 0.145. The van der Waals surface area contributed by atoms with E-state index in [1.807, 2.05) is 0 Å². The second-order valence-electron chi connectivity index (χ2n) is 3.40. The van der Waals surface area contributed by atoms with Crippen molar-refractivity contribution in [2.75, 3.05) is 6.61 Å². The van der Waals surface area contributed by atoms with Gasteiger partial charge in [-0.05, 0) is 6.42 Å². The van der Waals surface area contributed by atoms with Gasteiger partial charge in [-0.25, -0.2) is 0 Å². The average Bonchev–Trinajstić information content (AvgIpc) is 2.12. The summed E-state index contributed by atoms with van der Waals surface area (Å²) < 4.78 is 4.88. The van der Waals surface area contributed by atoms with Crippen LogP contribution in [0.2, 0.25) is 0 Å². The SMILES string of the molecule is CCCC1(C)COC(=O)C1. The van der Waals surface area contributed by atoms with Gasteiger partial charge in [0, 0.05) is 5.41 Å². The van der Waals surface area contributed by atoms with E-state index in [2.05, 4.69) is 13.8 Å². The lowest BCUT2D eigenvalue weighted by molar-refractivity contribution is -0.137. The van der Waals surface area contributed by atoms with Crippen molar-refractivity contribution in [3.8, 4) is 0 Å². The van der Waals surface area contributed by atoms with Crippen LogP contribution < -0.4 is 0 Å². The third kappa shape index (κ3) is 1.49. The van der Waals surface area contributed by atoms with Gasteiger partial charge in [0.1, 0.15) is 0 Å². The van der Waals surface area contributed by atoms with Gasteiger partial charge in [-0.3, -0.25) is 4.79 Å². The van der Waals surface area contributed by atoms with Crippen molar-refractivity contribution in [2.24, 2.45) is 5.41 Å². The molecule has 0 aromatic rings. The lowest BCUT2D eigenvalue weighted by Gasteiger charge is -2.17. The van der Waals surface area contributed by atoms with Crippen molar-refractivity contribution in [3.63, 3.8) is 0 Å². The van der Waals surface area contributed by atoms with Gasteiger partial charge in [-0.2, -0.15) is 0 Å². The summed E-state index contributed by atoms with van der Waals surface area (Å²) in [7, 11) is 0. The summed E-state index contributed by atoms with van der Waals surface area (Å²) in [6.07, 6.45) is 2.84. The van der Waals surface area contributed by atoms with Gasteiger partial charge in [-0.15, -0.1) is 0 Å². The van der Waals surface area contributed by atoms with E-state index in [1.54, 1.807) is 0 Å². The normalized spacial score (nSPS) is 32.4. The van der Waals surface area contributed by atoms with Gasteiger partial charge in [0.25, 0.3) is 0 Å². The molecule has 0 amide bonds. The molecular formula is C8H14O2. The Morgan fingerprint density at radius 3 is 2.80 bits per heavy atom. The number of ether oxygens (including phenoxy) is 1. The molecule has 1 saturated heterocycles. The zero-order valence-corrected chi connectivity index (χ0v) is 6.64. The van der Waals surface area contributed by atoms with Gasteiger partial charge in [0.15, 0.2) is 0 Å². The Bertz CT molecular complexity index is 142. The van der Waals surface area contributed by atoms with Crippen LogP contribution in [0.1, 0.15) is 33.1 Å². The molecule has 1 unspecified atom stereocenters. The molecule has 0 saturated carbocycles. The van der Waals surface area contributed by atoms with Crippen LogP contribution in [0, 0.1) is 5.41 Å². The van der Waals surface area contributed by atoms with E-state index in [9.17, 15) is 4.79 Å². The molecule has 1 fully saturated rings. The summed E-state index contributed by atoms with van der Waals surface area (Å²) in [5.74, 6) is -0.0315. The van der Waals surface area contributed by atoms with E-state index in [0.29, 0.717) is 13.0 Å². The van der Waals surface area contributed by atoms with Crippen LogP contribution in [0.4, 0.5) is 0 Å². The van der Waals surface area contributed by atoms with E-state index in [1.165, 1.54) is 0 Å². The highest BCUT2D eigenvalue weighted by Gasteiger charge is 2.34. The minimum Gasteiger partial charge on any atom is -0.465 e. The quantitative estimate of drug-likeness (QED) is 0.549.